The highest BCUT2D eigenvalue weighted by Crippen LogP contribution is 2.23. The number of likely N-dealkylation sites (tertiary alicyclic amines) is 1. The summed E-state index contributed by atoms with van der Waals surface area (Å²) in [6.07, 6.45) is 3.55. The van der Waals surface area contributed by atoms with E-state index in [0.717, 1.165) is 12.8 Å². The number of piperidine rings is 1. The maximum atomic E-state index is 12.9. The molecule has 1 aliphatic carbocycles. The molecule has 142 valence electrons. The standard InChI is InChI=1S/C19H27N3O3S/c1-12(2)16(21-18(24)15-4-3-11-26-15)19(25)22-9-7-13(8-10-22)17(23)20-14-5-6-14/h3-4,11-14,16H,5-10H2,1-2H3,(H,20,23)(H,21,24). The minimum atomic E-state index is -0.540. The van der Waals surface area contributed by atoms with Crippen molar-refractivity contribution in [1.82, 2.24) is 15.5 Å². The Balaban J connectivity index is 1.54. The summed E-state index contributed by atoms with van der Waals surface area (Å²) in [6, 6.07) is 3.41. The zero-order valence-electron chi connectivity index (χ0n) is 15.4. The summed E-state index contributed by atoms with van der Waals surface area (Å²) in [4.78, 5) is 39.8. The molecule has 0 aromatic carbocycles. The highest BCUT2D eigenvalue weighted by molar-refractivity contribution is 7.12. The van der Waals surface area contributed by atoms with Gasteiger partial charge in [0.2, 0.25) is 11.8 Å². The van der Waals surface area contributed by atoms with E-state index in [-0.39, 0.29) is 29.6 Å². The van der Waals surface area contributed by atoms with Gasteiger partial charge in [0.25, 0.3) is 5.91 Å². The first-order chi connectivity index (χ1) is 12.5. The Bertz CT molecular complexity index is 647. The molecule has 3 rings (SSSR count). The number of thiophene rings is 1. The third-order valence-corrected chi connectivity index (χ3v) is 5.93. The highest BCUT2D eigenvalue weighted by Gasteiger charge is 2.34. The van der Waals surface area contributed by atoms with Crippen molar-refractivity contribution in [3.8, 4) is 0 Å². The molecule has 2 N–H and O–H groups in total. The summed E-state index contributed by atoms with van der Waals surface area (Å²) < 4.78 is 0. The normalized spacial score (nSPS) is 19.3. The zero-order valence-corrected chi connectivity index (χ0v) is 16.2. The Morgan fingerprint density at radius 2 is 1.85 bits per heavy atom. The van der Waals surface area contributed by atoms with E-state index in [4.69, 9.17) is 0 Å². The van der Waals surface area contributed by atoms with Crippen molar-refractivity contribution < 1.29 is 14.4 Å². The van der Waals surface area contributed by atoms with Crippen LogP contribution in [0.3, 0.4) is 0 Å². The third-order valence-electron chi connectivity index (χ3n) is 5.07. The summed E-state index contributed by atoms with van der Waals surface area (Å²) in [5, 5.41) is 7.78. The molecule has 0 bridgehead atoms. The van der Waals surface area contributed by atoms with E-state index in [1.807, 2.05) is 25.3 Å². The first kappa shape index (κ1) is 18.9. The average Bonchev–Trinajstić information content (AvgIpc) is 3.27. The van der Waals surface area contributed by atoms with Crippen LogP contribution in [0.2, 0.25) is 0 Å². The largest absolute Gasteiger partial charge is 0.353 e. The fourth-order valence-electron chi connectivity index (χ4n) is 3.24. The summed E-state index contributed by atoms with van der Waals surface area (Å²) in [6.45, 7) is 5.01. The van der Waals surface area contributed by atoms with Crippen molar-refractivity contribution in [2.45, 2.75) is 51.6 Å². The van der Waals surface area contributed by atoms with Gasteiger partial charge in [0.05, 0.1) is 4.88 Å². The SMILES string of the molecule is CC(C)C(NC(=O)c1cccs1)C(=O)N1CCC(C(=O)NC2CC2)CC1. The molecule has 1 atom stereocenters. The predicted molar refractivity (Wildman–Crippen MR) is 101 cm³/mol. The molecule has 0 spiro atoms. The van der Waals surface area contributed by atoms with Gasteiger partial charge in [-0.05, 0) is 43.0 Å². The van der Waals surface area contributed by atoms with Crippen molar-refractivity contribution >= 4 is 29.1 Å². The van der Waals surface area contributed by atoms with Gasteiger partial charge in [0.15, 0.2) is 0 Å². The fraction of sp³-hybridized carbons (Fsp3) is 0.632. The van der Waals surface area contributed by atoms with Crippen LogP contribution >= 0.6 is 11.3 Å². The van der Waals surface area contributed by atoms with Crippen LogP contribution in [0.4, 0.5) is 0 Å². The molecule has 2 aliphatic rings. The van der Waals surface area contributed by atoms with Crippen LogP contribution in [0.15, 0.2) is 17.5 Å². The lowest BCUT2D eigenvalue weighted by atomic mass is 9.94. The minimum Gasteiger partial charge on any atom is -0.353 e. The molecule has 7 heteroatoms. The van der Waals surface area contributed by atoms with Crippen molar-refractivity contribution in [3.05, 3.63) is 22.4 Å². The number of amides is 3. The number of rotatable bonds is 6. The van der Waals surface area contributed by atoms with Crippen LogP contribution in [0, 0.1) is 11.8 Å². The van der Waals surface area contributed by atoms with Crippen LogP contribution in [0.25, 0.3) is 0 Å². The highest BCUT2D eigenvalue weighted by atomic mass is 32.1. The lowest BCUT2D eigenvalue weighted by Crippen LogP contribution is -2.53. The molecular formula is C19H27N3O3S. The molecule has 0 radical (unpaired) electrons. The maximum absolute atomic E-state index is 12.9. The number of hydrogen-bond acceptors (Lipinski definition) is 4. The van der Waals surface area contributed by atoms with Gasteiger partial charge in [0.1, 0.15) is 6.04 Å². The molecule has 1 aromatic heterocycles. The molecule has 1 unspecified atom stereocenters. The summed E-state index contributed by atoms with van der Waals surface area (Å²) in [5.41, 5.74) is 0. The van der Waals surface area contributed by atoms with Crippen molar-refractivity contribution in [2.24, 2.45) is 11.8 Å². The number of hydrogen-bond donors (Lipinski definition) is 2. The number of carbonyl (C=O) groups excluding carboxylic acids is 3. The van der Waals surface area contributed by atoms with Gasteiger partial charge in [-0.3, -0.25) is 14.4 Å². The Kier molecular flexibility index (Phi) is 5.96. The predicted octanol–water partition coefficient (Wildman–Crippen LogP) is 2.02. The Morgan fingerprint density at radius 3 is 2.38 bits per heavy atom. The number of carbonyl (C=O) groups is 3. The molecule has 3 amide bonds. The molecule has 1 saturated heterocycles. The molecule has 2 heterocycles. The van der Waals surface area contributed by atoms with Gasteiger partial charge in [-0.2, -0.15) is 0 Å². The quantitative estimate of drug-likeness (QED) is 0.796. The second kappa shape index (κ2) is 8.20. The average molecular weight is 378 g/mol. The summed E-state index contributed by atoms with van der Waals surface area (Å²) in [7, 11) is 0. The van der Waals surface area contributed by atoms with Gasteiger partial charge in [0, 0.05) is 25.0 Å². The summed E-state index contributed by atoms with van der Waals surface area (Å²) in [5.74, 6) is -0.122. The van der Waals surface area contributed by atoms with Gasteiger partial charge < -0.3 is 15.5 Å². The van der Waals surface area contributed by atoms with Gasteiger partial charge in [-0.25, -0.2) is 0 Å². The molecule has 6 nitrogen and oxygen atoms in total. The van der Waals surface area contributed by atoms with Crippen LogP contribution in [-0.2, 0) is 9.59 Å². The second-order valence-corrected chi connectivity index (χ2v) is 8.50. The Hall–Kier alpha value is -1.89. The fourth-order valence-corrected chi connectivity index (χ4v) is 3.87. The third kappa shape index (κ3) is 4.63. The first-order valence-electron chi connectivity index (χ1n) is 9.39. The lowest BCUT2D eigenvalue weighted by Gasteiger charge is -2.35. The van der Waals surface area contributed by atoms with Crippen molar-refractivity contribution in [1.29, 1.82) is 0 Å². The molecular weight excluding hydrogens is 350 g/mol. The monoisotopic (exact) mass is 377 g/mol. The minimum absolute atomic E-state index is 0.00198. The smallest absolute Gasteiger partial charge is 0.262 e. The summed E-state index contributed by atoms with van der Waals surface area (Å²) >= 11 is 1.36. The number of nitrogens with one attached hydrogen (secondary N) is 2. The lowest BCUT2D eigenvalue weighted by molar-refractivity contribution is -0.138. The molecule has 1 aromatic rings. The molecule has 26 heavy (non-hydrogen) atoms. The van der Waals surface area contributed by atoms with E-state index < -0.39 is 6.04 Å². The van der Waals surface area contributed by atoms with Crippen LogP contribution < -0.4 is 10.6 Å². The second-order valence-electron chi connectivity index (χ2n) is 7.55. The zero-order chi connectivity index (χ0) is 18.7. The van der Waals surface area contributed by atoms with Crippen molar-refractivity contribution in [2.75, 3.05) is 13.1 Å². The van der Waals surface area contributed by atoms with E-state index >= 15 is 0 Å². The van der Waals surface area contributed by atoms with Crippen LogP contribution in [0.1, 0.15) is 49.2 Å². The van der Waals surface area contributed by atoms with E-state index in [0.29, 0.717) is 36.9 Å². The van der Waals surface area contributed by atoms with Crippen LogP contribution in [0.5, 0.6) is 0 Å². The van der Waals surface area contributed by atoms with Gasteiger partial charge in [-0.1, -0.05) is 19.9 Å². The number of nitrogens with zero attached hydrogens (tertiary/aromatic N) is 1. The van der Waals surface area contributed by atoms with E-state index in [9.17, 15) is 14.4 Å². The first-order valence-corrected chi connectivity index (χ1v) is 10.3. The van der Waals surface area contributed by atoms with E-state index in [1.165, 1.54) is 11.3 Å². The van der Waals surface area contributed by atoms with Crippen molar-refractivity contribution in [3.63, 3.8) is 0 Å². The topological polar surface area (TPSA) is 78.5 Å². The molecule has 2 fully saturated rings. The van der Waals surface area contributed by atoms with E-state index in [1.54, 1.807) is 11.0 Å². The Morgan fingerprint density at radius 1 is 1.15 bits per heavy atom. The van der Waals surface area contributed by atoms with E-state index in [2.05, 4.69) is 10.6 Å². The Labute approximate surface area is 158 Å². The van der Waals surface area contributed by atoms with Gasteiger partial charge in [-0.15, -0.1) is 11.3 Å². The van der Waals surface area contributed by atoms with Gasteiger partial charge >= 0.3 is 0 Å². The molecule has 1 aliphatic heterocycles. The maximum Gasteiger partial charge on any atom is 0.262 e. The van der Waals surface area contributed by atoms with Crippen LogP contribution in [-0.4, -0.2) is 47.8 Å². The molecule has 1 saturated carbocycles.